The van der Waals surface area contributed by atoms with Crippen molar-refractivity contribution in [3.8, 4) is 11.8 Å². The second kappa shape index (κ2) is 4.82. The smallest absolute Gasteiger partial charge is 0.240 e. The second-order valence-corrected chi connectivity index (χ2v) is 3.69. The molecule has 2 aromatic rings. The van der Waals surface area contributed by atoms with Gasteiger partial charge < -0.3 is 10.1 Å². The minimum absolute atomic E-state index is 0.486. The molecule has 0 saturated heterocycles. The molecule has 0 radical (unpaired) electrons. The van der Waals surface area contributed by atoms with Crippen LogP contribution in [0.1, 0.15) is 18.3 Å². The predicted octanol–water partition coefficient (Wildman–Crippen LogP) is 2.04. The van der Waals surface area contributed by atoms with E-state index in [9.17, 15) is 0 Å². The summed E-state index contributed by atoms with van der Waals surface area (Å²) >= 11 is 0. The van der Waals surface area contributed by atoms with E-state index < -0.39 is 0 Å². The van der Waals surface area contributed by atoms with Gasteiger partial charge in [-0.2, -0.15) is 4.98 Å². The van der Waals surface area contributed by atoms with Crippen LogP contribution < -0.4 is 10.1 Å². The molecule has 0 aromatic carbocycles. The van der Waals surface area contributed by atoms with Gasteiger partial charge in [-0.25, -0.2) is 4.98 Å². The molecule has 0 saturated carbocycles. The van der Waals surface area contributed by atoms with Crippen LogP contribution in [0, 0.1) is 13.8 Å². The van der Waals surface area contributed by atoms with Gasteiger partial charge in [-0.3, -0.25) is 5.10 Å². The number of rotatable bonds is 4. The summed E-state index contributed by atoms with van der Waals surface area (Å²) < 4.78 is 5.53. The van der Waals surface area contributed by atoms with Gasteiger partial charge >= 0.3 is 0 Å². The zero-order chi connectivity index (χ0) is 12.3. The van der Waals surface area contributed by atoms with Gasteiger partial charge in [0.1, 0.15) is 0 Å². The second-order valence-electron chi connectivity index (χ2n) is 3.69. The third kappa shape index (κ3) is 2.93. The maximum absolute atomic E-state index is 5.53. The lowest BCUT2D eigenvalue weighted by molar-refractivity contribution is 0.442. The summed E-state index contributed by atoms with van der Waals surface area (Å²) in [6.45, 7) is 6.56. The quantitative estimate of drug-likeness (QED) is 0.845. The Balaban J connectivity index is 2.20. The molecule has 2 aromatic heterocycles. The molecule has 0 spiro atoms. The van der Waals surface area contributed by atoms with Gasteiger partial charge in [0, 0.05) is 30.1 Å². The topological polar surface area (TPSA) is 75.7 Å². The van der Waals surface area contributed by atoms with Crippen LogP contribution in [0.3, 0.4) is 0 Å². The van der Waals surface area contributed by atoms with E-state index >= 15 is 0 Å². The molecule has 0 unspecified atom stereocenters. The van der Waals surface area contributed by atoms with Crippen LogP contribution in [0.4, 0.5) is 5.95 Å². The third-order valence-corrected chi connectivity index (χ3v) is 2.06. The fraction of sp³-hybridized carbons (Fsp3) is 0.364. The Bertz CT molecular complexity index is 508. The number of H-pyrrole nitrogens is 1. The lowest BCUT2D eigenvalue weighted by atomic mass is 10.4. The molecular formula is C11H15N5O. The first-order valence-corrected chi connectivity index (χ1v) is 5.47. The molecule has 6 nitrogen and oxygen atoms in total. The highest BCUT2D eigenvalue weighted by atomic mass is 16.5. The van der Waals surface area contributed by atoms with E-state index in [0.717, 1.165) is 17.9 Å². The monoisotopic (exact) mass is 233 g/mol. The standard InChI is InChI=1S/C11H15N5O/c1-4-12-11-13-7(2)5-9(14-11)17-10-6-8(3)15-16-10/h5-6H,4H2,1-3H3,(H,15,16)(H,12,13,14). The molecular weight excluding hydrogens is 218 g/mol. The van der Waals surface area contributed by atoms with Crippen molar-refractivity contribution in [3.05, 3.63) is 23.5 Å². The number of aromatic nitrogens is 4. The molecule has 0 bridgehead atoms. The van der Waals surface area contributed by atoms with Gasteiger partial charge in [-0.15, -0.1) is 5.10 Å². The number of aromatic amines is 1. The molecule has 2 N–H and O–H groups in total. The van der Waals surface area contributed by atoms with Crippen molar-refractivity contribution >= 4 is 5.95 Å². The lowest BCUT2D eigenvalue weighted by Crippen LogP contribution is -2.04. The van der Waals surface area contributed by atoms with E-state index in [2.05, 4.69) is 25.5 Å². The Morgan fingerprint density at radius 1 is 1.24 bits per heavy atom. The molecule has 6 heteroatoms. The summed E-state index contributed by atoms with van der Waals surface area (Å²) in [7, 11) is 0. The highest BCUT2D eigenvalue weighted by molar-refractivity contribution is 5.32. The van der Waals surface area contributed by atoms with Gasteiger partial charge in [0.05, 0.1) is 0 Å². The minimum Gasteiger partial charge on any atom is -0.419 e. The highest BCUT2D eigenvalue weighted by Gasteiger charge is 2.05. The van der Waals surface area contributed by atoms with Gasteiger partial charge in [-0.05, 0) is 20.8 Å². The summed E-state index contributed by atoms with van der Waals surface area (Å²) in [5, 5.41) is 9.85. The van der Waals surface area contributed by atoms with Crippen LogP contribution >= 0.6 is 0 Å². The fourth-order valence-electron chi connectivity index (χ4n) is 1.38. The maximum atomic E-state index is 5.53. The van der Waals surface area contributed by atoms with Crippen LogP contribution in [0.5, 0.6) is 11.8 Å². The average Bonchev–Trinajstić information content (AvgIpc) is 2.63. The SMILES string of the molecule is CCNc1nc(C)cc(Oc2cc(C)[nH]n2)n1. The molecule has 90 valence electrons. The van der Waals surface area contributed by atoms with Crippen molar-refractivity contribution in [1.29, 1.82) is 0 Å². The Morgan fingerprint density at radius 3 is 2.71 bits per heavy atom. The summed E-state index contributed by atoms with van der Waals surface area (Å²) in [6, 6.07) is 3.58. The van der Waals surface area contributed by atoms with Crippen LogP contribution in [-0.4, -0.2) is 26.7 Å². The van der Waals surface area contributed by atoms with E-state index in [-0.39, 0.29) is 0 Å². The highest BCUT2D eigenvalue weighted by Crippen LogP contribution is 2.19. The van der Waals surface area contributed by atoms with E-state index in [4.69, 9.17) is 4.74 Å². The van der Waals surface area contributed by atoms with E-state index in [1.807, 2.05) is 26.8 Å². The fourth-order valence-corrected chi connectivity index (χ4v) is 1.38. The number of anilines is 1. The lowest BCUT2D eigenvalue weighted by Gasteiger charge is -2.05. The summed E-state index contributed by atoms with van der Waals surface area (Å²) in [6.07, 6.45) is 0. The largest absolute Gasteiger partial charge is 0.419 e. The Kier molecular flexibility index (Phi) is 3.22. The first kappa shape index (κ1) is 11.4. The number of nitrogens with one attached hydrogen (secondary N) is 2. The van der Waals surface area contributed by atoms with Crippen molar-refractivity contribution in [2.75, 3.05) is 11.9 Å². The van der Waals surface area contributed by atoms with Crippen molar-refractivity contribution in [2.45, 2.75) is 20.8 Å². The Labute approximate surface area is 99.4 Å². The molecule has 17 heavy (non-hydrogen) atoms. The van der Waals surface area contributed by atoms with E-state index in [1.54, 1.807) is 6.07 Å². The molecule has 0 aliphatic carbocycles. The number of ether oxygens (including phenoxy) is 1. The molecule has 0 amide bonds. The normalized spacial score (nSPS) is 10.3. The first-order chi connectivity index (χ1) is 8.17. The first-order valence-electron chi connectivity index (χ1n) is 5.47. The van der Waals surface area contributed by atoms with Crippen LogP contribution in [0.15, 0.2) is 12.1 Å². The molecule has 0 atom stereocenters. The van der Waals surface area contributed by atoms with Crippen molar-refractivity contribution in [1.82, 2.24) is 20.2 Å². The number of hydrogen-bond donors (Lipinski definition) is 2. The predicted molar refractivity (Wildman–Crippen MR) is 64.3 cm³/mol. The van der Waals surface area contributed by atoms with Gasteiger partial charge in [0.25, 0.3) is 0 Å². The molecule has 0 aliphatic rings. The van der Waals surface area contributed by atoms with Crippen molar-refractivity contribution < 1.29 is 4.74 Å². The molecule has 2 rings (SSSR count). The molecule has 0 fully saturated rings. The van der Waals surface area contributed by atoms with Crippen LogP contribution in [-0.2, 0) is 0 Å². The number of hydrogen-bond acceptors (Lipinski definition) is 5. The Hall–Kier alpha value is -2.11. The summed E-state index contributed by atoms with van der Waals surface area (Å²) in [5.41, 5.74) is 1.79. The zero-order valence-electron chi connectivity index (χ0n) is 10.1. The van der Waals surface area contributed by atoms with Gasteiger partial charge in [-0.1, -0.05) is 0 Å². The number of aryl methyl sites for hydroxylation is 2. The summed E-state index contributed by atoms with van der Waals surface area (Å²) in [4.78, 5) is 8.47. The van der Waals surface area contributed by atoms with Crippen molar-refractivity contribution in [3.63, 3.8) is 0 Å². The summed E-state index contributed by atoms with van der Waals surface area (Å²) in [5.74, 6) is 1.55. The van der Waals surface area contributed by atoms with Crippen molar-refractivity contribution in [2.24, 2.45) is 0 Å². The number of nitrogens with zero attached hydrogens (tertiary/aromatic N) is 3. The van der Waals surface area contributed by atoms with E-state index in [1.165, 1.54) is 0 Å². The van der Waals surface area contributed by atoms with E-state index in [0.29, 0.717) is 17.7 Å². The average molecular weight is 233 g/mol. The van der Waals surface area contributed by atoms with Gasteiger partial charge in [0.2, 0.25) is 17.7 Å². The maximum Gasteiger partial charge on any atom is 0.240 e. The van der Waals surface area contributed by atoms with Gasteiger partial charge in [0.15, 0.2) is 0 Å². The minimum atomic E-state index is 0.486. The molecule has 2 heterocycles. The Morgan fingerprint density at radius 2 is 2.06 bits per heavy atom. The van der Waals surface area contributed by atoms with Crippen LogP contribution in [0.25, 0.3) is 0 Å². The van der Waals surface area contributed by atoms with Crippen LogP contribution in [0.2, 0.25) is 0 Å². The molecule has 0 aliphatic heterocycles. The zero-order valence-corrected chi connectivity index (χ0v) is 10.1. The third-order valence-electron chi connectivity index (χ3n) is 2.06.